The zero-order valence-electron chi connectivity index (χ0n) is 24.6. The van der Waals surface area contributed by atoms with Crippen LogP contribution in [0.1, 0.15) is 50.0 Å². The van der Waals surface area contributed by atoms with Gasteiger partial charge in [0.2, 0.25) is 5.52 Å². The molecule has 1 aromatic heterocycles. The molecule has 0 unspecified atom stereocenters. The summed E-state index contributed by atoms with van der Waals surface area (Å²) in [6.45, 7) is 1.24. The summed E-state index contributed by atoms with van der Waals surface area (Å²) in [7, 11) is -8.20. The van der Waals surface area contributed by atoms with E-state index >= 15 is 0 Å². The van der Waals surface area contributed by atoms with Crippen LogP contribution >= 0.6 is 34.7 Å². The molecule has 0 fully saturated rings. The van der Waals surface area contributed by atoms with E-state index in [1.807, 2.05) is 30.3 Å². The monoisotopic (exact) mass is 706 g/mol. The molecule has 2 aliphatic rings. The SMILES string of the molecule is O=S(=O)([O-])CCCCN1C(=CC=C2CCCC(C=Cc3sc4ccccc4[n+]3CCCCS(=O)(=O)O)=C2Cl)Sc2ccccc21. The average molecular weight is 707 g/mol. The topological polar surface area (TPSA) is 119 Å². The molecule has 0 bridgehead atoms. The summed E-state index contributed by atoms with van der Waals surface area (Å²) in [5.41, 5.74) is 4.26. The van der Waals surface area contributed by atoms with Gasteiger partial charge in [-0.2, -0.15) is 13.0 Å². The molecule has 3 aromatic rings. The number of aromatic nitrogens is 1. The second-order valence-corrected chi connectivity index (χ2v) is 16.6. The maximum absolute atomic E-state index is 11.2. The van der Waals surface area contributed by atoms with Crippen molar-refractivity contribution in [2.75, 3.05) is 23.0 Å². The molecule has 8 nitrogen and oxygen atoms in total. The molecule has 240 valence electrons. The maximum Gasteiger partial charge on any atom is 0.264 e. The van der Waals surface area contributed by atoms with Gasteiger partial charge in [-0.15, -0.1) is 0 Å². The van der Waals surface area contributed by atoms with Gasteiger partial charge in [-0.3, -0.25) is 4.55 Å². The molecule has 2 heterocycles. The van der Waals surface area contributed by atoms with Crippen molar-refractivity contribution in [2.45, 2.75) is 56.4 Å². The lowest BCUT2D eigenvalue weighted by molar-refractivity contribution is -0.669. The number of thioether (sulfide) groups is 1. The quantitative estimate of drug-likeness (QED) is 0.112. The predicted octanol–water partition coefficient (Wildman–Crippen LogP) is 7.25. The minimum atomic E-state index is -4.22. The van der Waals surface area contributed by atoms with Crippen LogP contribution in [-0.4, -0.2) is 44.0 Å². The molecule has 1 aliphatic carbocycles. The zero-order valence-corrected chi connectivity index (χ0v) is 28.6. The number of hydrogen-bond donors (Lipinski definition) is 1. The van der Waals surface area contributed by atoms with Crippen molar-refractivity contribution in [1.29, 1.82) is 0 Å². The number of rotatable bonds is 13. The Bertz CT molecular complexity index is 1890. The molecule has 13 heteroatoms. The van der Waals surface area contributed by atoms with Gasteiger partial charge in [0.15, 0.2) is 6.54 Å². The Morgan fingerprint density at radius 1 is 0.933 bits per heavy atom. The Balaban J connectivity index is 1.35. The number of fused-ring (bicyclic) bond motifs is 2. The minimum absolute atomic E-state index is 0.247. The summed E-state index contributed by atoms with van der Waals surface area (Å²) in [6.07, 6.45) is 12.9. The van der Waals surface area contributed by atoms with Gasteiger partial charge in [0, 0.05) is 40.8 Å². The molecule has 45 heavy (non-hydrogen) atoms. The fourth-order valence-electron chi connectivity index (χ4n) is 5.47. The lowest BCUT2D eigenvalue weighted by Crippen LogP contribution is -2.35. The fraction of sp³-hybridized carbons (Fsp3) is 0.344. The summed E-state index contributed by atoms with van der Waals surface area (Å²) in [5.74, 6) is -0.604. The van der Waals surface area contributed by atoms with E-state index in [1.165, 1.54) is 0 Å². The van der Waals surface area contributed by atoms with Gasteiger partial charge in [0.1, 0.15) is 4.70 Å². The first kappa shape index (κ1) is 33.9. The first-order valence-corrected chi connectivity index (χ1v) is 20.0. The highest BCUT2D eigenvalue weighted by Crippen LogP contribution is 2.46. The summed E-state index contributed by atoms with van der Waals surface area (Å²) < 4.78 is 67.9. The molecule has 1 aliphatic heterocycles. The first-order valence-electron chi connectivity index (χ1n) is 14.8. The van der Waals surface area contributed by atoms with Crippen molar-refractivity contribution in [1.82, 2.24) is 0 Å². The van der Waals surface area contributed by atoms with Crippen LogP contribution in [0.2, 0.25) is 0 Å². The number of unbranched alkanes of at least 4 members (excludes halogenated alkanes) is 2. The second kappa shape index (κ2) is 15.0. The standard InChI is InChI=1S/C32H35ClN2O6S4/c33-32-24(16-18-30-34(20-5-7-22-44(36,37)38)26-12-1-3-14-28(26)42-30)10-9-11-25(32)17-19-31-35(21-6-8-23-45(39,40)41)27-13-2-4-15-29(27)43-31/h1-4,12-19H,5-11,20-23H2,(H-,36,37,38,39,40,41). The van der Waals surface area contributed by atoms with Crippen LogP contribution in [0.15, 0.2) is 92.9 Å². The number of para-hydroxylation sites is 2. The van der Waals surface area contributed by atoms with Crippen LogP contribution in [-0.2, 0) is 26.8 Å². The Hall–Kier alpha value is -2.45. The van der Waals surface area contributed by atoms with Crippen LogP contribution in [0, 0.1) is 0 Å². The van der Waals surface area contributed by atoms with E-state index in [4.69, 9.17) is 16.2 Å². The van der Waals surface area contributed by atoms with Gasteiger partial charge in [-0.1, -0.05) is 71.1 Å². The Labute approximate surface area is 278 Å². The lowest BCUT2D eigenvalue weighted by Gasteiger charge is -2.21. The number of hydrogen-bond acceptors (Lipinski definition) is 8. The predicted molar refractivity (Wildman–Crippen MR) is 183 cm³/mol. The van der Waals surface area contributed by atoms with Crippen molar-refractivity contribution in [3.8, 4) is 0 Å². The van der Waals surface area contributed by atoms with E-state index in [-0.39, 0.29) is 11.5 Å². The first-order chi connectivity index (χ1) is 21.5. The molecule has 2 aromatic carbocycles. The number of nitrogens with zero attached hydrogens (tertiary/aromatic N) is 2. The van der Waals surface area contributed by atoms with E-state index in [1.54, 1.807) is 23.1 Å². The van der Waals surface area contributed by atoms with Gasteiger partial charge in [0.25, 0.3) is 15.1 Å². The maximum atomic E-state index is 11.2. The molecule has 0 saturated carbocycles. The van der Waals surface area contributed by atoms with Gasteiger partial charge in [0.05, 0.1) is 26.6 Å². The van der Waals surface area contributed by atoms with Crippen LogP contribution in [0.4, 0.5) is 5.69 Å². The van der Waals surface area contributed by atoms with Gasteiger partial charge in [-0.05, 0) is 73.9 Å². The van der Waals surface area contributed by atoms with Crippen molar-refractivity contribution < 1.29 is 30.5 Å². The highest BCUT2D eigenvalue weighted by atomic mass is 35.5. The normalized spacial score (nSPS) is 17.8. The third-order valence-corrected chi connectivity index (χ3v) is 12.0. The van der Waals surface area contributed by atoms with E-state index < -0.39 is 20.2 Å². The molecule has 1 N–H and O–H groups in total. The summed E-state index contributed by atoms with van der Waals surface area (Å²) >= 11 is 10.3. The summed E-state index contributed by atoms with van der Waals surface area (Å²) in [6, 6.07) is 16.2. The van der Waals surface area contributed by atoms with E-state index in [2.05, 4.69) is 52.0 Å². The van der Waals surface area contributed by atoms with Crippen molar-refractivity contribution >= 4 is 76.9 Å². The Morgan fingerprint density at radius 2 is 1.69 bits per heavy atom. The van der Waals surface area contributed by atoms with Crippen LogP contribution < -0.4 is 9.47 Å². The fourth-order valence-corrected chi connectivity index (χ4v) is 9.09. The number of anilines is 1. The summed E-state index contributed by atoms with van der Waals surface area (Å²) in [4.78, 5) is 3.30. The molecule has 5 rings (SSSR count). The molecule has 0 saturated heterocycles. The van der Waals surface area contributed by atoms with E-state index in [0.29, 0.717) is 38.8 Å². The lowest BCUT2D eigenvalue weighted by atomic mass is 9.94. The highest BCUT2D eigenvalue weighted by Gasteiger charge is 2.24. The van der Waals surface area contributed by atoms with Crippen molar-refractivity contribution in [2.24, 2.45) is 0 Å². The molecule has 0 amide bonds. The van der Waals surface area contributed by atoms with Gasteiger partial charge >= 0.3 is 0 Å². The van der Waals surface area contributed by atoms with E-state index in [9.17, 15) is 21.4 Å². The van der Waals surface area contributed by atoms with Crippen LogP contribution in [0.5, 0.6) is 0 Å². The smallest absolute Gasteiger partial charge is 0.264 e. The van der Waals surface area contributed by atoms with Gasteiger partial charge < -0.3 is 9.45 Å². The second-order valence-electron chi connectivity index (χ2n) is 11.0. The Kier molecular flexibility index (Phi) is 11.3. The average Bonchev–Trinajstić information content (AvgIpc) is 3.52. The highest BCUT2D eigenvalue weighted by molar-refractivity contribution is 8.03. The van der Waals surface area contributed by atoms with Gasteiger partial charge in [-0.25, -0.2) is 8.42 Å². The van der Waals surface area contributed by atoms with Crippen LogP contribution in [0.3, 0.4) is 0 Å². The molecular formula is C32H35ClN2O6S4. The van der Waals surface area contributed by atoms with Crippen molar-refractivity contribution in [3.63, 3.8) is 0 Å². The largest absolute Gasteiger partial charge is 0.748 e. The molecule has 0 radical (unpaired) electrons. The zero-order chi connectivity index (χ0) is 32.0. The Morgan fingerprint density at radius 3 is 2.49 bits per heavy atom. The third kappa shape index (κ3) is 9.31. The minimum Gasteiger partial charge on any atom is -0.748 e. The molecule has 0 atom stereocenters. The molecule has 0 spiro atoms. The van der Waals surface area contributed by atoms with E-state index in [0.717, 1.165) is 66.3 Å². The summed E-state index contributed by atoms with van der Waals surface area (Å²) in [5, 5.41) is 2.81. The third-order valence-electron chi connectivity index (χ3n) is 7.64. The molecular weight excluding hydrogens is 672 g/mol. The number of thiazole rings is 1. The van der Waals surface area contributed by atoms with Crippen LogP contribution in [0.25, 0.3) is 16.3 Å². The number of benzene rings is 2. The van der Waals surface area contributed by atoms with Crippen molar-refractivity contribution in [3.05, 3.63) is 93.0 Å². The number of allylic oxidation sites excluding steroid dienone is 6. The number of halogens is 1. The number of aryl methyl sites for hydroxylation is 1.